The Labute approximate surface area is 134 Å². The van der Waals surface area contributed by atoms with Crippen LogP contribution in [0.5, 0.6) is 0 Å². The van der Waals surface area contributed by atoms with Gasteiger partial charge in [-0.3, -0.25) is 9.59 Å². The van der Waals surface area contributed by atoms with Gasteiger partial charge in [-0.15, -0.1) is 0 Å². The molecule has 122 valence electrons. The maximum absolute atomic E-state index is 12.4. The highest BCUT2D eigenvalue weighted by molar-refractivity contribution is 5.99. The van der Waals surface area contributed by atoms with Gasteiger partial charge in [-0.2, -0.15) is 0 Å². The maximum atomic E-state index is 12.4. The molecule has 3 rings (SSSR count). The number of benzene rings is 1. The van der Waals surface area contributed by atoms with Crippen molar-refractivity contribution in [3.8, 4) is 0 Å². The molecule has 0 unspecified atom stereocenters. The van der Waals surface area contributed by atoms with Gasteiger partial charge in [0.15, 0.2) is 5.76 Å². The van der Waals surface area contributed by atoms with Crippen LogP contribution in [0.3, 0.4) is 0 Å². The molecule has 5 nitrogen and oxygen atoms in total. The Hall–Kier alpha value is -2.30. The third-order valence-corrected chi connectivity index (χ3v) is 4.90. The summed E-state index contributed by atoms with van der Waals surface area (Å²) < 4.78 is 5.63. The van der Waals surface area contributed by atoms with Gasteiger partial charge in [0.1, 0.15) is 5.58 Å². The van der Waals surface area contributed by atoms with Crippen molar-refractivity contribution in [2.75, 3.05) is 6.54 Å². The third-order valence-electron chi connectivity index (χ3n) is 4.90. The summed E-state index contributed by atoms with van der Waals surface area (Å²) in [6.45, 7) is 1.99. The number of carboxylic acids is 1. The molecule has 5 heteroatoms. The van der Waals surface area contributed by atoms with Gasteiger partial charge in [0, 0.05) is 17.5 Å². The zero-order valence-electron chi connectivity index (χ0n) is 13.2. The van der Waals surface area contributed by atoms with Crippen LogP contribution in [0.4, 0.5) is 0 Å². The molecule has 0 radical (unpaired) electrons. The zero-order valence-corrected chi connectivity index (χ0v) is 13.2. The van der Waals surface area contributed by atoms with Gasteiger partial charge in [-0.05, 0) is 25.8 Å². The van der Waals surface area contributed by atoms with Crippen molar-refractivity contribution < 1.29 is 19.1 Å². The van der Waals surface area contributed by atoms with Crippen LogP contribution in [0.2, 0.25) is 0 Å². The predicted molar refractivity (Wildman–Crippen MR) is 86.4 cm³/mol. The average molecular weight is 315 g/mol. The van der Waals surface area contributed by atoms with E-state index in [4.69, 9.17) is 4.42 Å². The number of amides is 1. The number of nitrogens with one attached hydrogen (secondary N) is 1. The molecular weight excluding hydrogens is 294 g/mol. The van der Waals surface area contributed by atoms with Gasteiger partial charge in [-0.25, -0.2) is 0 Å². The molecule has 2 aromatic rings. The van der Waals surface area contributed by atoms with Crippen LogP contribution < -0.4 is 5.32 Å². The summed E-state index contributed by atoms with van der Waals surface area (Å²) in [6, 6.07) is 7.48. The third kappa shape index (κ3) is 2.83. The number of fused-ring (bicyclic) bond motifs is 1. The minimum Gasteiger partial charge on any atom is -0.481 e. The monoisotopic (exact) mass is 315 g/mol. The number of carboxylic acid groups (broad SMARTS) is 1. The lowest BCUT2D eigenvalue weighted by Gasteiger charge is -2.33. The number of hydrogen-bond acceptors (Lipinski definition) is 3. The molecule has 23 heavy (non-hydrogen) atoms. The number of carbonyl (C=O) groups excluding carboxylic acids is 1. The fourth-order valence-corrected chi connectivity index (χ4v) is 3.42. The molecular formula is C18H21NO4. The molecule has 1 aromatic carbocycles. The molecule has 1 amide bonds. The Morgan fingerprint density at radius 3 is 2.57 bits per heavy atom. The van der Waals surface area contributed by atoms with Gasteiger partial charge < -0.3 is 14.8 Å². The van der Waals surface area contributed by atoms with E-state index in [1.165, 1.54) is 0 Å². The summed E-state index contributed by atoms with van der Waals surface area (Å²) >= 11 is 0. The topological polar surface area (TPSA) is 79.5 Å². The minimum absolute atomic E-state index is 0.150. The Morgan fingerprint density at radius 1 is 1.22 bits per heavy atom. The lowest BCUT2D eigenvalue weighted by atomic mass is 9.74. The second-order valence-corrected chi connectivity index (χ2v) is 6.38. The summed E-state index contributed by atoms with van der Waals surface area (Å²) in [6.07, 6.45) is 4.08. The molecule has 0 atom stereocenters. The van der Waals surface area contributed by atoms with E-state index in [0.29, 0.717) is 18.4 Å². The van der Waals surface area contributed by atoms with Crippen molar-refractivity contribution in [2.45, 2.75) is 39.0 Å². The zero-order chi connectivity index (χ0) is 16.4. The normalized spacial score (nSPS) is 17.1. The van der Waals surface area contributed by atoms with E-state index in [0.717, 1.165) is 30.2 Å². The maximum Gasteiger partial charge on any atom is 0.311 e. The largest absolute Gasteiger partial charge is 0.481 e. The molecule has 0 bridgehead atoms. The van der Waals surface area contributed by atoms with Gasteiger partial charge in [0.05, 0.1) is 5.41 Å². The first-order valence-corrected chi connectivity index (χ1v) is 8.03. The molecule has 1 aliphatic rings. The van der Waals surface area contributed by atoms with Crippen LogP contribution in [0.1, 0.15) is 48.2 Å². The number of rotatable bonds is 4. The number of furan rings is 1. The highest BCUT2D eigenvalue weighted by Gasteiger charge is 2.40. The number of carbonyl (C=O) groups is 2. The van der Waals surface area contributed by atoms with Gasteiger partial charge in [0.2, 0.25) is 0 Å². The summed E-state index contributed by atoms with van der Waals surface area (Å²) in [5, 5.41) is 13.3. The molecule has 0 aliphatic heterocycles. The molecule has 1 fully saturated rings. The van der Waals surface area contributed by atoms with Crippen molar-refractivity contribution in [1.82, 2.24) is 5.32 Å². The van der Waals surface area contributed by atoms with Gasteiger partial charge in [0.25, 0.3) is 5.91 Å². The molecule has 0 saturated heterocycles. The van der Waals surface area contributed by atoms with E-state index in [9.17, 15) is 14.7 Å². The number of aryl methyl sites for hydroxylation is 1. The van der Waals surface area contributed by atoms with E-state index in [1.807, 2.05) is 31.2 Å². The van der Waals surface area contributed by atoms with Crippen molar-refractivity contribution >= 4 is 22.8 Å². The van der Waals surface area contributed by atoms with Crippen LogP contribution in [-0.4, -0.2) is 23.5 Å². The highest BCUT2D eigenvalue weighted by Crippen LogP contribution is 2.36. The minimum atomic E-state index is -0.839. The van der Waals surface area contributed by atoms with Crippen molar-refractivity contribution in [3.05, 3.63) is 35.6 Å². The summed E-state index contributed by atoms with van der Waals surface area (Å²) in [5.41, 5.74) is 0.611. The lowest BCUT2D eigenvalue weighted by molar-refractivity contribution is -0.150. The quantitative estimate of drug-likeness (QED) is 0.905. The molecule has 1 saturated carbocycles. The standard InChI is InChI=1S/C18H21NO4/c1-12-13-7-3-4-8-14(13)23-15(12)16(20)19-11-18(17(21)22)9-5-2-6-10-18/h3-4,7-8H,2,5-6,9-11H2,1H3,(H,19,20)(H,21,22). The van der Waals surface area contributed by atoms with E-state index in [1.54, 1.807) is 0 Å². The summed E-state index contributed by atoms with van der Waals surface area (Å²) in [4.78, 5) is 24.1. The Bertz CT molecular complexity index is 741. The summed E-state index contributed by atoms with van der Waals surface area (Å²) in [7, 11) is 0. The van der Waals surface area contributed by atoms with Crippen LogP contribution >= 0.6 is 0 Å². The van der Waals surface area contributed by atoms with Crippen molar-refractivity contribution in [1.29, 1.82) is 0 Å². The summed E-state index contributed by atoms with van der Waals surface area (Å²) in [5.74, 6) is -0.897. The fourth-order valence-electron chi connectivity index (χ4n) is 3.42. The first-order chi connectivity index (χ1) is 11.0. The van der Waals surface area contributed by atoms with Crippen LogP contribution in [-0.2, 0) is 4.79 Å². The van der Waals surface area contributed by atoms with E-state index >= 15 is 0 Å². The lowest BCUT2D eigenvalue weighted by Crippen LogP contribution is -2.44. The van der Waals surface area contributed by atoms with E-state index < -0.39 is 11.4 Å². The first-order valence-electron chi connectivity index (χ1n) is 8.03. The Kier molecular flexibility index (Phi) is 4.11. The molecule has 1 aromatic heterocycles. The second kappa shape index (κ2) is 6.07. The fraction of sp³-hybridized carbons (Fsp3) is 0.444. The Balaban J connectivity index is 1.78. The number of para-hydroxylation sites is 1. The van der Waals surface area contributed by atoms with Gasteiger partial charge >= 0.3 is 5.97 Å². The van der Waals surface area contributed by atoms with Crippen molar-refractivity contribution in [3.63, 3.8) is 0 Å². The predicted octanol–water partition coefficient (Wildman–Crippen LogP) is 3.51. The first kappa shape index (κ1) is 15.6. The van der Waals surface area contributed by atoms with Gasteiger partial charge in [-0.1, -0.05) is 37.5 Å². The van der Waals surface area contributed by atoms with Crippen molar-refractivity contribution in [2.24, 2.45) is 5.41 Å². The second-order valence-electron chi connectivity index (χ2n) is 6.38. The van der Waals surface area contributed by atoms with Crippen LogP contribution in [0.15, 0.2) is 28.7 Å². The highest BCUT2D eigenvalue weighted by atomic mass is 16.4. The average Bonchev–Trinajstić information content (AvgIpc) is 2.91. The van der Waals surface area contributed by atoms with E-state index in [2.05, 4.69) is 5.32 Å². The number of aliphatic carboxylic acids is 1. The van der Waals surface area contributed by atoms with Crippen LogP contribution in [0, 0.1) is 12.3 Å². The smallest absolute Gasteiger partial charge is 0.311 e. The number of hydrogen-bond donors (Lipinski definition) is 2. The molecule has 2 N–H and O–H groups in total. The molecule has 1 heterocycles. The molecule has 1 aliphatic carbocycles. The Morgan fingerprint density at radius 2 is 1.91 bits per heavy atom. The molecule has 0 spiro atoms. The van der Waals surface area contributed by atoms with Crippen LogP contribution in [0.25, 0.3) is 11.0 Å². The van der Waals surface area contributed by atoms with E-state index in [-0.39, 0.29) is 18.2 Å². The SMILES string of the molecule is Cc1c(C(=O)NCC2(C(=O)O)CCCCC2)oc2ccccc12.